The molecule has 0 unspecified atom stereocenters. The van der Waals surface area contributed by atoms with Crippen LogP contribution in [0.3, 0.4) is 0 Å². The van der Waals surface area contributed by atoms with Crippen LogP contribution in [-0.4, -0.2) is 35.2 Å². The molecule has 8 heteroatoms. The van der Waals surface area contributed by atoms with E-state index in [2.05, 4.69) is 15.8 Å². The fraction of sp³-hybridized carbons (Fsp3) is 0.533. The molecule has 0 bridgehead atoms. The van der Waals surface area contributed by atoms with Gasteiger partial charge in [0.05, 0.1) is 6.54 Å². The highest BCUT2D eigenvalue weighted by Crippen LogP contribution is 2.35. The summed E-state index contributed by atoms with van der Waals surface area (Å²) in [5.74, 6) is -0.732. The molecule has 3 N–H and O–H groups in total. The second kappa shape index (κ2) is 6.80. The minimum atomic E-state index is -1.54. The number of carbonyl (C=O) groups excluding carboxylic acids is 2. The number of aromatic amines is 1. The number of hydrogen-bond donors (Lipinski definition) is 3. The first-order chi connectivity index (χ1) is 10.8. The van der Waals surface area contributed by atoms with Gasteiger partial charge in [-0.1, -0.05) is 13.0 Å². The molecule has 1 fully saturated rings. The average Bonchev–Trinajstić information content (AvgIpc) is 2.80. The van der Waals surface area contributed by atoms with Gasteiger partial charge in [-0.15, -0.1) is 0 Å². The van der Waals surface area contributed by atoms with Crippen LogP contribution in [-0.2, 0) is 4.79 Å². The number of nitrogens with one attached hydrogen (secondary N) is 3. The SMILES string of the molecule is CC/C=C/C(=O)NCC1(F)CC(NC(=O)c2c(C)o[nH]c2=O)C1. The zero-order valence-corrected chi connectivity index (χ0v) is 13.1. The van der Waals surface area contributed by atoms with Gasteiger partial charge in [-0.25, -0.2) is 4.39 Å². The summed E-state index contributed by atoms with van der Waals surface area (Å²) in [7, 11) is 0. The van der Waals surface area contributed by atoms with Gasteiger partial charge in [0, 0.05) is 18.9 Å². The van der Waals surface area contributed by atoms with E-state index in [0.29, 0.717) is 0 Å². The molecule has 1 aromatic heterocycles. The minimum absolute atomic E-state index is 0.0886. The molecule has 1 heterocycles. The Morgan fingerprint density at radius 1 is 1.48 bits per heavy atom. The first-order valence-electron chi connectivity index (χ1n) is 7.47. The maximum atomic E-state index is 14.3. The van der Waals surface area contributed by atoms with Crippen LogP contribution < -0.4 is 16.2 Å². The summed E-state index contributed by atoms with van der Waals surface area (Å²) in [5.41, 5.74) is -2.24. The lowest BCUT2D eigenvalue weighted by Gasteiger charge is -2.41. The van der Waals surface area contributed by atoms with Gasteiger partial charge in [0.15, 0.2) is 0 Å². The summed E-state index contributed by atoms with van der Waals surface area (Å²) >= 11 is 0. The molecule has 0 aromatic carbocycles. The molecule has 0 spiro atoms. The zero-order valence-electron chi connectivity index (χ0n) is 13.1. The Balaban J connectivity index is 1.80. The van der Waals surface area contributed by atoms with E-state index in [1.54, 1.807) is 6.08 Å². The van der Waals surface area contributed by atoms with Crippen molar-refractivity contribution in [3.05, 3.63) is 33.8 Å². The van der Waals surface area contributed by atoms with Crippen LogP contribution in [0.2, 0.25) is 0 Å². The molecule has 1 aromatic rings. The number of amides is 2. The summed E-state index contributed by atoms with van der Waals surface area (Å²) in [4.78, 5) is 34.8. The van der Waals surface area contributed by atoms with Crippen molar-refractivity contribution < 1.29 is 18.5 Å². The van der Waals surface area contributed by atoms with Crippen LogP contribution in [0.5, 0.6) is 0 Å². The molecular weight excluding hydrogens is 305 g/mol. The Kier molecular flexibility index (Phi) is 5.02. The van der Waals surface area contributed by atoms with Gasteiger partial charge in [-0.05, 0) is 19.4 Å². The summed E-state index contributed by atoms with van der Waals surface area (Å²) in [5, 5.41) is 7.16. The second-order valence-electron chi connectivity index (χ2n) is 5.72. The fourth-order valence-electron chi connectivity index (χ4n) is 2.50. The third-order valence-corrected chi connectivity index (χ3v) is 3.75. The van der Waals surface area contributed by atoms with Crippen LogP contribution in [0.25, 0.3) is 0 Å². The molecule has 0 saturated heterocycles. The predicted octanol–water partition coefficient (Wildman–Crippen LogP) is 0.959. The summed E-state index contributed by atoms with van der Waals surface area (Å²) in [6.07, 6.45) is 3.97. The Bertz CT molecular complexity index is 671. The lowest BCUT2D eigenvalue weighted by atomic mass is 9.77. The molecule has 7 nitrogen and oxygen atoms in total. The third kappa shape index (κ3) is 4.08. The van der Waals surface area contributed by atoms with Crippen molar-refractivity contribution in [1.29, 1.82) is 0 Å². The molecular formula is C15H20FN3O4. The number of alkyl halides is 1. The molecule has 23 heavy (non-hydrogen) atoms. The lowest BCUT2D eigenvalue weighted by Crippen LogP contribution is -2.57. The predicted molar refractivity (Wildman–Crippen MR) is 80.8 cm³/mol. The van der Waals surface area contributed by atoms with E-state index < -0.39 is 17.1 Å². The highest BCUT2D eigenvalue weighted by molar-refractivity contribution is 5.94. The van der Waals surface area contributed by atoms with Crippen molar-refractivity contribution in [1.82, 2.24) is 15.8 Å². The zero-order chi connectivity index (χ0) is 17.0. The maximum Gasteiger partial charge on any atom is 0.293 e. The first-order valence-corrected chi connectivity index (χ1v) is 7.47. The average molecular weight is 325 g/mol. The Labute approximate surface area is 132 Å². The summed E-state index contributed by atoms with van der Waals surface area (Å²) in [6, 6.07) is -0.371. The van der Waals surface area contributed by atoms with E-state index >= 15 is 0 Å². The first kappa shape index (κ1) is 17.0. The molecule has 1 saturated carbocycles. The number of H-pyrrole nitrogens is 1. The standard InChI is InChI=1S/C15H20FN3O4/c1-3-4-5-11(20)17-8-15(16)6-10(7-15)18-13(21)12-9(2)23-19-14(12)22/h4-5,10H,3,6-8H2,1-2H3,(H,17,20)(H,18,21)(H,19,22)/b5-4+. The number of halogens is 1. The highest BCUT2D eigenvalue weighted by Gasteiger charge is 2.45. The van der Waals surface area contributed by atoms with Crippen LogP contribution in [0.15, 0.2) is 21.5 Å². The number of hydrogen-bond acceptors (Lipinski definition) is 4. The van der Waals surface area contributed by atoms with Gasteiger partial charge in [0.2, 0.25) is 5.91 Å². The van der Waals surface area contributed by atoms with Gasteiger partial charge in [-0.3, -0.25) is 14.4 Å². The third-order valence-electron chi connectivity index (χ3n) is 3.75. The van der Waals surface area contributed by atoms with Crippen molar-refractivity contribution in [2.75, 3.05) is 6.54 Å². The molecule has 0 atom stereocenters. The number of aryl methyl sites for hydroxylation is 1. The van der Waals surface area contributed by atoms with Gasteiger partial charge < -0.3 is 15.2 Å². The van der Waals surface area contributed by atoms with Crippen molar-refractivity contribution in [3.63, 3.8) is 0 Å². The van der Waals surface area contributed by atoms with Crippen LogP contribution in [0.4, 0.5) is 4.39 Å². The van der Waals surface area contributed by atoms with Gasteiger partial charge in [0.25, 0.3) is 11.5 Å². The van der Waals surface area contributed by atoms with E-state index in [1.807, 2.05) is 6.92 Å². The van der Waals surface area contributed by atoms with E-state index in [0.717, 1.165) is 6.42 Å². The second-order valence-corrected chi connectivity index (χ2v) is 5.72. The summed E-state index contributed by atoms with van der Waals surface area (Å²) in [6.45, 7) is 3.29. The monoisotopic (exact) mass is 325 g/mol. The molecule has 2 amide bonds. The van der Waals surface area contributed by atoms with Gasteiger partial charge in [0.1, 0.15) is 17.0 Å². The van der Waals surface area contributed by atoms with Crippen molar-refractivity contribution in [3.8, 4) is 0 Å². The highest BCUT2D eigenvalue weighted by atomic mass is 19.1. The quantitative estimate of drug-likeness (QED) is 0.678. The van der Waals surface area contributed by atoms with Crippen LogP contribution >= 0.6 is 0 Å². The molecule has 2 rings (SSSR count). The number of carbonyl (C=O) groups is 2. The number of aromatic nitrogens is 1. The van der Waals surface area contributed by atoms with E-state index in [4.69, 9.17) is 4.52 Å². The molecule has 126 valence electrons. The van der Waals surface area contributed by atoms with E-state index in [1.165, 1.54) is 13.0 Å². The summed E-state index contributed by atoms with van der Waals surface area (Å²) < 4.78 is 19.1. The normalized spacial score (nSPS) is 23.5. The minimum Gasteiger partial charge on any atom is -0.383 e. The maximum absolute atomic E-state index is 14.3. The van der Waals surface area contributed by atoms with Crippen molar-refractivity contribution in [2.24, 2.45) is 0 Å². The molecule has 1 aliphatic rings. The van der Waals surface area contributed by atoms with Crippen molar-refractivity contribution in [2.45, 2.75) is 44.8 Å². The molecule has 0 aliphatic heterocycles. The molecule has 1 aliphatic carbocycles. The van der Waals surface area contributed by atoms with Crippen molar-refractivity contribution >= 4 is 11.8 Å². The van der Waals surface area contributed by atoms with Gasteiger partial charge >= 0.3 is 0 Å². The fourth-order valence-corrected chi connectivity index (χ4v) is 2.50. The van der Waals surface area contributed by atoms with E-state index in [9.17, 15) is 18.8 Å². The largest absolute Gasteiger partial charge is 0.383 e. The number of allylic oxidation sites excluding steroid dienone is 1. The van der Waals surface area contributed by atoms with Crippen LogP contribution in [0, 0.1) is 6.92 Å². The topological polar surface area (TPSA) is 104 Å². The lowest BCUT2D eigenvalue weighted by molar-refractivity contribution is -0.117. The Hall–Kier alpha value is -2.38. The van der Waals surface area contributed by atoms with Crippen LogP contribution in [0.1, 0.15) is 42.3 Å². The Morgan fingerprint density at radius 2 is 2.17 bits per heavy atom. The smallest absolute Gasteiger partial charge is 0.293 e. The van der Waals surface area contributed by atoms with E-state index in [-0.39, 0.29) is 42.7 Å². The van der Waals surface area contributed by atoms with Gasteiger partial charge in [-0.2, -0.15) is 5.16 Å². The number of rotatable bonds is 6. The Morgan fingerprint density at radius 3 is 2.74 bits per heavy atom. The molecule has 0 radical (unpaired) electrons.